The quantitative estimate of drug-likeness (QED) is 0.649. The zero-order valence-electron chi connectivity index (χ0n) is 10.7. The minimum Gasteiger partial charge on any atom is -0.481 e. The summed E-state index contributed by atoms with van der Waals surface area (Å²) >= 11 is 0. The second-order valence-electron chi connectivity index (χ2n) is 4.70. The van der Waals surface area contributed by atoms with Gasteiger partial charge in [0.05, 0.1) is 12.0 Å². The van der Waals surface area contributed by atoms with Crippen molar-refractivity contribution in [3.8, 4) is 0 Å². The summed E-state index contributed by atoms with van der Waals surface area (Å²) in [6.45, 7) is 2.39. The fourth-order valence-electron chi connectivity index (χ4n) is 1.94. The normalized spacial score (nSPS) is 26.1. The van der Waals surface area contributed by atoms with E-state index in [1.807, 2.05) is 0 Å². The highest BCUT2D eigenvalue weighted by Gasteiger charge is 2.41. The number of nitrogens with zero attached hydrogens (tertiary/aromatic N) is 1. The summed E-state index contributed by atoms with van der Waals surface area (Å²) < 4.78 is 32.2. The highest BCUT2D eigenvalue weighted by atomic mass is 32.2. The van der Waals surface area contributed by atoms with Gasteiger partial charge < -0.3 is 9.84 Å². The van der Waals surface area contributed by atoms with Gasteiger partial charge in [-0.15, -0.1) is 0 Å². The van der Waals surface area contributed by atoms with E-state index in [9.17, 15) is 13.2 Å². The lowest BCUT2D eigenvalue weighted by atomic mass is 9.83. The van der Waals surface area contributed by atoms with Gasteiger partial charge >= 0.3 is 5.97 Å². The van der Waals surface area contributed by atoms with Crippen molar-refractivity contribution in [3.63, 3.8) is 0 Å². The van der Waals surface area contributed by atoms with Crippen LogP contribution in [0.25, 0.3) is 0 Å². The Balaban J connectivity index is 2.68. The third-order valence-electron chi connectivity index (χ3n) is 3.11. The van der Waals surface area contributed by atoms with Crippen molar-refractivity contribution in [2.45, 2.75) is 19.8 Å². The predicted octanol–water partition coefficient (Wildman–Crippen LogP) is -0.346. The molecule has 0 spiro atoms. The first kappa shape index (κ1) is 15.4. The van der Waals surface area contributed by atoms with Crippen LogP contribution in [0, 0.1) is 5.41 Å². The second-order valence-corrected chi connectivity index (χ2v) is 6.45. The molecule has 0 aromatic carbocycles. The van der Waals surface area contributed by atoms with E-state index in [1.54, 1.807) is 6.92 Å². The predicted molar refractivity (Wildman–Crippen MR) is 65.3 cm³/mol. The number of piperidine rings is 1. The number of carbonyl (C=O) groups is 1. The summed E-state index contributed by atoms with van der Waals surface area (Å²) in [7, 11) is -2.14. The lowest BCUT2D eigenvalue weighted by Crippen LogP contribution is -2.52. The first-order valence-corrected chi connectivity index (χ1v) is 7.23. The Morgan fingerprint density at radius 3 is 2.78 bits per heavy atom. The van der Waals surface area contributed by atoms with E-state index in [2.05, 4.69) is 4.72 Å². The Morgan fingerprint density at radius 1 is 1.56 bits per heavy atom. The smallest absolute Gasteiger partial charge is 0.310 e. The summed E-state index contributed by atoms with van der Waals surface area (Å²) in [6, 6.07) is 0. The molecule has 1 aliphatic rings. The van der Waals surface area contributed by atoms with E-state index in [0.717, 1.165) is 0 Å². The van der Waals surface area contributed by atoms with Gasteiger partial charge in [0, 0.05) is 26.7 Å². The maximum absolute atomic E-state index is 11.9. The molecule has 18 heavy (non-hydrogen) atoms. The second kappa shape index (κ2) is 5.96. The molecule has 7 nitrogen and oxygen atoms in total. The molecule has 0 bridgehead atoms. The number of rotatable bonds is 6. The average Bonchev–Trinajstić information content (AvgIpc) is 2.29. The molecule has 1 atom stereocenters. The molecule has 1 heterocycles. The zero-order valence-corrected chi connectivity index (χ0v) is 11.5. The largest absolute Gasteiger partial charge is 0.481 e. The first-order valence-electron chi connectivity index (χ1n) is 5.79. The number of ether oxygens (including phenoxy) is 1. The van der Waals surface area contributed by atoms with Crippen LogP contribution in [0.2, 0.25) is 0 Å². The van der Waals surface area contributed by atoms with Crippen LogP contribution in [0.5, 0.6) is 0 Å². The van der Waals surface area contributed by atoms with Gasteiger partial charge in [0.1, 0.15) is 0 Å². The lowest BCUT2D eigenvalue weighted by molar-refractivity contribution is -0.150. The molecule has 106 valence electrons. The van der Waals surface area contributed by atoms with Gasteiger partial charge in [-0.05, 0) is 19.8 Å². The van der Waals surface area contributed by atoms with Crippen molar-refractivity contribution in [2.75, 3.05) is 33.4 Å². The van der Waals surface area contributed by atoms with Gasteiger partial charge in [-0.3, -0.25) is 4.79 Å². The molecule has 1 rings (SSSR count). The molecule has 2 N–H and O–H groups in total. The topological polar surface area (TPSA) is 95.9 Å². The standard InChI is InChI=1S/C10H20N2O5S/c1-10(9(13)14)4-3-6-12(8-10)18(15,16)11-5-7-17-2/h11H,3-8H2,1-2H3,(H,13,14). The summed E-state index contributed by atoms with van der Waals surface area (Å²) in [5.74, 6) is -0.959. The molecule has 0 aromatic heterocycles. The summed E-state index contributed by atoms with van der Waals surface area (Å²) in [4.78, 5) is 11.1. The number of hydrogen-bond donors (Lipinski definition) is 2. The molecular weight excluding hydrogens is 260 g/mol. The third kappa shape index (κ3) is 3.64. The fourth-order valence-corrected chi connectivity index (χ4v) is 3.28. The molecule has 0 aromatic rings. The number of nitrogens with one attached hydrogen (secondary N) is 1. The molecule has 1 unspecified atom stereocenters. The van der Waals surface area contributed by atoms with E-state index in [0.29, 0.717) is 19.4 Å². The van der Waals surface area contributed by atoms with E-state index in [-0.39, 0.29) is 19.7 Å². The maximum Gasteiger partial charge on any atom is 0.310 e. The van der Waals surface area contributed by atoms with Crippen LogP contribution in [-0.2, 0) is 19.7 Å². The molecule has 0 amide bonds. The van der Waals surface area contributed by atoms with Crippen LogP contribution >= 0.6 is 0 Å². The van der Waals surface area contributed by atoms with E-state index in [1.165, 1.54) is 11.4 Å². The van der Waals surface area contributed by atoms with Crippen LogP contribution < -0.4 is 4.72 Å². The molecular formula is C10H20N2O5S. The molecule has 0 radical (unpaired) electrons. The molecule has 0 saturated carbocycles. The number of aliphatic carboxylic acids is 1. The van der Waals surface area contributed by atoms with Crippen molar-refractivity contribution in [2.24, 2.45) is 5.41 Å². The average molecular weight is 280 g/mol. The van der Waals surface area contributed by atoms with E-state index < -0.39 is 21.6 Å². The van der Waals surface area contributed by atoms with Crippen molar-refractivity contribution >= 4 is 16.2 Å². The van der Waals surface area contributed by atoms with Crippen LogP contribution in [-0.4, -0.2) is 57.1 Å². The van der Waals surface area contributed by atoms with Crippen LogP contribution in [0.4, 0.5) is 0 Å². The summed E-state index contributed by atoms with van der Waals surface area (Å²) in [5, 5.41) is 9.13. The Morgan fingerprint density at radius 2 is 2.22 bits per heavy atom. The highest BCUT2D eigenvalue weighted by Crippen LogP contribution is 2.30. The summed E-state index contributed by atoms with van der Waals surface area (Å²) in [6.07, 6.45) is 1.04. The highest BCUT2D eigenvalue weighted by molar-refractivity contribution is 7.87. The van der Waals surface area contributed by atoms with Crippen molar-refractivity contribution in [3.05, 3.63) is 0 Å². The van der Waals surface area contributed by atoms with Gasteiger partial charge in [-0.1, -0.05) is 0 Å². The van der Waals surface area contributed by atoms with Gasteiger partial charge in [-0.25, -0.2) is 0 Å². The number of carboxylic acid groups (broad SMARTS) is 1. The van der Waals surface area contributed by atoms with Crippen LogP contribution in [0.3, 0.4) is 0 Å². The van der Waals surface area contributed by atoms with Gasteiger partial charge in [-0.2, -0.15) is 17.4 Å². The summed E-state index contributed by atoms with van der Waals surface area (Å²) in [5.41, 5.74) is -1.01. The van der Waals surface area contributed by atoms with E-state index >= 15 is 0 Å². The number of hydrogen-bond acceptors (Lipinski definition) is 4. The van der Waals surface area contributed by atoms with Gasteiger partial charge in [0.2, 0.25) is 0 Å². The Bertz CT molecular complexity index is 397. The molecule has 1 aliphatic heterocycles. The minimum atomic E-state index is -3.62. The van der Waals surface area contributed by atoms with Crippen molar-refractivity contribution in [1.82, 2.24) is 9.03 Å². The van der Waals surface area contributed by atoms with Gasteiger partial charge in [0.15, 0.2) is 0 Å². The minimum absolute atomic E-state index is 0.00461. The van der Waals surface area contributed by atoms with Crippen molar-refractivity contribution < 1.29 is 23.1 Å². The number of carboxylic acids is 1. The zero-order chi connectivity index (χ0) is 13.8. The van der Waals surface area contributed by atoms with Crippen LogP contribution in [0.15, 0.2) is 0 Å². The van der Waals surface area contributed by atoms with Crippen molar-refractivity contribution in [1.29, 1.82) is 0 Å². The first-order chi connectivity index (χ1) is 8.32. The molecule has 1 saturated heterocycles. The fraction of sp³-hybridized carbons (Fsp3) is 0.900. The van der Waals surface area contributed by atoms with Gasteiger partial charge in [0.25, 0.3) is 10.2 Å². The Labute approximate surface area is 107 Å². The van der Waals surface area contributed by atoms with E-state index in [4.69, 9.17) is 9.84 Å². The Hall–Kier alpha value is -0.700. The third-order valence-corrected chi connectivity index (χ3v) is 4.67. The Kier molecular flexibility index (Phi) is 5.09. The van der Waals surface area contributed by atoms with Crippen LogP contribution in [0.1, 0.15) is 19.8 Å². The molecule has 0 aliphatic carbocycles. The molecule has 8 heteroatoms. The monoisotopic (exact) mass is 280 g/mol. The maximum atomic E-state index is 11.9. The SMILES string of the molecule is COCCNS(=O)(=O)N1CCCC(C)(C(=O)O)C1. The molecule has 1 fully saturated rings. The number of methoxy groups -OCH3 is 1. The lowest BCUT2D eigenvalue weighted by Gasteiger charge is -2.36.